The Morgan fingerprint density at radius 1 is 1.14 bits per heavy atom. The molecule has 0 atom stereocenters. The second-order valence-corrected chi connectivity index (χ2v) is 6.06. The first-order valence-electron chi connectivity index (χ1n) is 6.80. The number of aryl methyl sites for hydroxylation is 2. The summed E-state index contributed by atoms with van der Waals surface area (Å²) in [6.07, 6.45) is 0.426. The van der Waals surface area contributed by atoms with Crippen LogP contribution in [0.4, 0.5) is 10.1 Å². The van der Waals surface area contributed by atoms with Crippen LogP contribution in [0.15, 0.2) is 47.4 Å². The minimum Gasteiger partial charge on any atom is -0.326 e. The van der Waals surface area contributed by atoms with Crippen molar-refractivity contribution in [3.63, 3.8) is 0 Å². The van der Waals surface area contributed by atoms with Crippen molar-refractivity contribution in [2.45, 2.75) is 25.2 Å². The molecule has 0 bridgehead atoms. The predicted molar refractivity (Wildman–Crippen MR) is 86.3 cm³/mol. The van der Waals surface area contributed by atoms with Crippen molar-refractivity contribution in [1.29, 1.82) is 0 Å². The molecule has 0 unspecified atom stereocenters. The molecule has 0 saturated heterocycles. The van der Waals surface area contributed by atoms with E-state index in [0.717, 1.165) is 5.75 Å². The van der Waals surface area contributed by atoms with Gasteiger partial charge in [-0.3, -0.25) is 4.79 Å². The lowest BCUT2D eigenvalue weighted by atomic mass is 10.2. The van der Waals surface area contributed by atoms with E-state index in [-0.39, 0.29) is 11.7 Å². The first-order valence-corrected chi connectivity index (χ1v) is 7.78. The number of anilines is 1. The third-order valence-corrected chi connectivity index (χ3v) is 4.22. The second-order valence-electron chi connectivity index (χ2n) is 4.92. The number of carbonyl (C=O) groups is 1. The zero-order valence-electron chi connectivity index (χ0n) is 12.2. The Labute approximate surface area is 128 Å². The molecule has 0 radical (unpaired) electrons. The number of rotatable bonds is 5. The number of thioether (sulfide) groups is 1. The van der Waals surface area contributed by atoms with E-state index in [1.54, 1.807) is 23.9 Å². The quantitative estimate of drug-likeness (QED) is 0.820. The second kappa shape index (κ2) is 7.27. The van der Waals surface area contributed by atoms with Gasteiger partial charge in [0.05, 0.1) is 0 Å². The molecule has 0 heterocycles. The molecule has 0 aliphatic heterocycles. The van der Waals surface area contributed by atoms with Gasteiger partial charge in [-0.15, -0.1) is 11.8 Å². The monoisotopic (exact) mass is 303 g/mol. The third-order valence-electron chi connectivity index (χ3n) is 3.05. The number of benzene rings is 2. The van der Waals surface area contributed by atoms with Crippen molar-refractivity contribution in [2.24, 2.45) is 0 Å². The summed E-state index contributed by atoms with van der Waals surface area (Å²) >= 11 is 1.68. The van der Waals surface area contributed by atoms with Gasteiger partial charge in [0.15, 0.2) is 0 Å². The van der Waals surface area contributed by atoms with Crippen molar-refractivity contribution < 1.29 is 9.18 Å². The maximum absolute atomic E-state index is 12.8. The highest BCUT2D eigenvalue weighted by molar-refractivity contribution is 7.99. The Hall–Kier alpha value is -1.81. The van der Waals surface area contributed by atoms with Crippen LogP contribution in [0.5, 0.6) is 0 Å². The fourth-order valence-corrected chi connectivity index (χ4v) is 2.93. The van der Waals surface area contributed by atoms with Gasteiger partial charge in [-0.25, -0.2) is 4.39 Å². The van der Waals surface area contributed by atoms with E-state index in [4.69, 9.17) is 0 Å². The van der Waals surface area contributed by atoms with Crippen LogP contribution in [-0.2, 0) is 4.79 Å². The molecule has 0 aliphatic rings. The first-order chi connectivity index (χ1) is 10.0. The average Bonchev–Trinajstić information content (AvgIpc) is 2.44. The summed E-state index contributed by atoms with van der Waals surface area (Å²) in [4.78, 5) is 13.0. The summed E-state index contributed by atoms with van der Waals surface area (Å²) in [6.45, 7) is 4.14. The van der Waals surface area contributed by atoms with Gasteiger partial charge in [0.1, 0.15) is 5.82 Å². The minimum atomic E-state index is -0.307. The molecule has 0 fully saturated rings. The molecule has 2 aromatic rings. The zero-order valence-corrected chi connectivity index (χ0v) is 13.0. The van der Waals surface area contributed by atoms with Gasteiger partial charge in [0.25, 0.3) is 0 Å². The van der Waals surface area contributed by atoms with Crippen LogP contribution < -0.4 is 5.32 Å². The van der Waals surface area contributed by atoms with Gasteiger partial charge in [0, 0.05) is 22.8 Å². The summed E-state index contributed by atoms with van der Waals surface area (Å²) < 4.78 is 12.8. The van der Waals surface area contributed by atoms with Gasteiger partial charge in [-0.05, 0) is 49.7 Å². The number of amides is 1. The molecule has 110 valence electrons. The van der Waals surface area contributed by atoms with Gasteiger partial charge in [-0.1, -0.05) is 17.7 Å². The van der Waals surface area contributed by atoms with Crippen LogP contribution in [-0.4, -0.2) is 11.7 Å². The molecule has 4 heteroatoms. The van der Waals surface area contributed by atoms with Crippen molar-refractivity contribution in [3.05, 3.63) is 59.4 Å². The number of hydrogen-bond donors (Lipinski definition) is 1. The Balaban J connectivity index is 1.80. The Kier molecular flexibility index (Phi) is 5.39. The summed E-state index contributed by atoms with van der Waals surface area (Å²) in [5, 5.41) is 2.76. The van der Waals surface area contributed by atoms with Crippen LogP contribution in [0.2, 0.25) is 0 Å². The van der Waals surface area contributed by atoms with E-state index in [1.807, 2.05) is 0 Å². The number of carbonyl (C=O) groups excluding carboxylic acids is 1. The predicted octanol–water partition coefficient (Wildman–Crippen LogP) is 4.56. The zero-order chi connectivity index (χ0) is 15.2. The molecule has 2 aromatic carbocycles. The molecule has 0 saturated carbocycles. The molecular formula is C17H18FNOS. The number of hydrogen-bond acceptors (Lipinski definition) is 2. The number of halogens is 1. The lowest BCUT2D eigenvalue weighted by Gasteiger charge is -2.07. The molecule has 1 N–H and O–H groups in total. The molecule has 2 nitrogen and oxygen atoms in total. The van der Waals surface area contributed by atoms with Crippen molar-refractivity contribution in [1.82, 2.24) is 0 Å². The lowest BCUT2D eigenvalue weighted by molar-refractivity contribution is -0.115. The van der Waals surface area contributed by atoms with Crippen LogP contribution in [0.25, 0.3) is 0 Å². The van der Waals surface area contributed by atoms with E-state index in [9.17, 15) is 9.18 Å². The molecular weight excluding hydrogens is 285 g/mol. The molecule has 1 amide bonds. The Morgan fingerprint density at radius 3 is 2.52 bits per heavy atom. The lowest BCUT2D eigenvalue weighted by Crippen LogP contribution is -2.12. The summed E-state index contributed by atoms with van der Waals surface area (Å²) in [6, 6.07) is 12.1. The third kappa shape index (κ3) is 4.90. The van der Waals surface area contributed by atoms with E-state index >= 15 is 0 Å². The molecule has 0 aliphatic carbocycles. The smallest absolute Gasteiger partial charge is 0.225 e. The molecule has 21 heavy (non-hydrogen) atoms. The molecule has 0 aromatic heterocycles. The molecule has 0 spiro atoms. The van der Waals surface area contributed by atoms with Gasteiger partial charge in [-0.2, -0.15) is 0 Å². The molecule has 2 rings (SSSR count). The fraction of sp³-hybridized carbons (Fsp3) is 0.235. The highest BCUT2D eigenvalue weighted by atomic mass is 32.2. The maximum atomic E-state index is 12.8. The van der Waals surface area contributed by atoms with Crippen LogP contribution in [0.1, 0.15) is 17.5 Å². The van der Waals surface area contributed by atoms with Crippen molar-refractivity contribution >= 4 is 23.4 Å². The normalized spacial score (nSPS) is 10.4. The van der Waals surface area contributed by atoms with Gasteiger partial charge >= 0.3 is 0 Å². The summed E-state index contributed by atoms with van der Waals surface area (Å²) in [5.74, 6) is 0.356. The highest BCUT2D eigenvalue weighted by Crippen LogP contribution is 2.23. The minimum absolute atomic E-state index is 0.0566. The van der Waals surface area contributed by atoms with Crippen LogP contribution >= 0.6 is 11.8 Å². The first kappa shape index (κ1) is 15.6. The summed E-state index contributed by atoms with van der Waals surface area (Å²) in [7, 11) is 0. The Bertz CT molecular complexity index is 625. The van der Waals surface area contributed by atoms with Crippen molar-refractivity contribution in [3.8, 4) is 0 Å². The van der Waals surface area contributed by atoms with E-state index < -0.39 is 0 Å². The largest absolute Gasteiger partial charge is 0.326 e. The maximum Gasteiger partial charge on any atom is 0.225 e. The summed E-state index contributed by atoms with van der Waals surface area (Å²) in [5.41, 5.74) is 3.10. The van der Waals surface area contributed by atoms with Crippen LogP contribution in [0.3, 0.4) is 0 Å². The van der Waals surface area contributed by atoms with Crippen LogP contribution in [0, 0.1) is 19.7 Å². The Morgan fingerprint density at radius 2 is 1.86 bits per heavy atom. The number of nitrogens with one attached hydrogen (secondary N) is 1. The average molecular weight is 303 g/mol. The van der Waals surface area contributed by atoms with E-state index in [0.29, 0.717) is 12.1 Å². The standard InChI is InChI=1S/C17H18FNOS/c1-12-3-8-16(13(2)11-12)21-10-9-17(20)19-15-6-4-14(18)5-7-15/h3-8,11H,9-10H2,1-2H3,(H,19,20). The van der Waals surface area contributed by atoms with E-state index in [1.165, 1.54) is 28.2 Å². The van der Waals surface area contributed by atoms with Gasteiger partial charge in [0.2, 0.25) is 5.91 Å². The highest BCUT2D eigenvalue weighted by Gasteiger charge is 2.05. The topological polar surface area (TPSA) is 29.1 Å². The van der Waals surface area contributed by atoms with Crippen molar-refractivity contribution in [2.75, 3.05) is 11.1 Å². The SMILES string of the molecule is Cc1ccc(SCCC(=O)Nc2ccc(F)cc2)c(C)c1. The van der Waals surface area contributed by atoms with Gasteiger partial charge < -0.3 is 5.32 Å². The van der Waals surface area contributed by atoms with E-state index in [2.05, 4.69) is 37.4 Å². The fourth-order valence-electron chi connectivity index (χ4n) is 1.97.